The Hall–Kier alpha value is -2.73. The number of carbonyl (C=O) groups is 1. The molecule has 30 heavy (non-hydrogen) atoms. The number of aromatic nitrogens is 2. The van der Waals surface area contributed by atoms with E-state index < -0.39 is 0 Å². The average Bonchev–Trinajstić information content (AvgIpc) is 3.07. The van der Waals surface area contributed by atoms with E-state index in [2.05, 4.69) is 28.6 Å². The Kier molecular flexibility index (Phi) is 5.03. The maximum atomic E-state index is 13.2. The van der Waals surface area contributed by atoms with E-state index in [1.54, 1.807) is 12.1 Å². The monoisotopic (exact) mass is 406 g/mol. The molecule has 0 N–H and O–H groups in total. The highest BCUT2D eigenvalue weighted by Gasteiger charge is 2.39. The van der Waals surface area contributed by atoms with Gasteiger partial charge in [0.1, 0.15) is 11.6 Å². The van der Waals surface area contributed by atoms with Gasteiger partial charge in [0.2, 0.25) is 5.91 Å². The van der Waals surface area contributed by atoms with E-state index in [4.69, 9.17) is 4.98 Å². The van der Waals surface area contributed by atoms with E-state index in [1.165, 1.54) is 12.1 Å². The van der Waals surface area contributed by atoms with Gasteiger partial charge in [0.25, 0.3) is 0 Å². The Bertz CT molecular complexity index is 1060. The minimum Gasteiger partial charge on any atom is -0.335 e. The van der Waals surface area contributed by atoms with Crippen molar-refractivity contribution in [2.45, 2.75) is 38.4 Å². The van der Waals surface area contributed by atoms with E-state index in [-0.39, 0.29) is 17.8 Å². The smallest absolute Gasteiger partial charge is 0.223 e. The lowest BCUT2D eigenvalue weighted by molar-refractivity contribution is -0.142. The summed E-state index contributed by atoms with van der Waals surface area (Å²) in [6.07, 6.45) is 2.52. The van der Waals surface area contributed by atoms with Crippen LogP contribution in [0, 0.1) is 11.7 Å². The zero-order valence-electron chi connectivity index (χ0n) is 17.3. The zero-order valence-corrected chi connectivity index (χ0v) is 17.3. The number of halogens is 1. The van der Waals surface area contributed by atoms with Gasteiger partial charge < -0.3 is 9.47 Å². The number of para-hydroxylation sites is 2. The fourth-order valence-electron chi connectivity index (χ4n) is 5.10. The molecule has 1 amide bonds. The summed E-state index contributed by atoms with van der Waals surface area (Å²) in [5.41, 5.74) is 3.20. The van der Waals surface area contributed by atoms with Crippen molar-refractivity contribution in [1.29, 1.82) is 0 Å². The number of aryl methyl sites for hydroxylation is 1. The van der Waals surface area contributed by atoms with Crippen molar-refractivity contribution >= 4 is 16.9 Å². The van der Waals surface area contributed by atoms with E-state index >= 15 is 0 Å². The molecule has 156 valence electrons. The summed E-state index contributed by atoms with van der Waals surface area (Å²) in [4.78, 5) is 22.0. The highest BCUT2D eigenvalue weighted by Crippen LogP contribution is 2.33. The third-order valence-electron chi connectivity index (χ3n) is 6.74. The minimum atomic E-state index is -0.239. The molecule has 5 nitrogen and oxygen atoms in total. The first kappa shape index (κ1) is 19.2. The van der Waals surface area contributed by atoms with Crippen molar-refractivity contribution < 1.29 is 9.18 Å². The number of benzene rings is 2. The van der Waals surface area contributed by atoms with E-state index in [1.807, 2.05) is 17.0 Å². The first-order chi connectivity index (χ1) is 14.6. The molecule has 0 saturated carbocycles. The molecule has 0 radical (unpaired) electrons. The SMILES string of the molecule is Cn1c(CN2CC[C@H]3[C@H](CCC(=O)N3Cc3ccc(F)cc3)C2)nc2ccccc21. The van der Waals surface area contributed by atoms with Crippen LogP contribution in [-0.2, 0) is 24.9 Å². The van der Waals surface area contributed by atoms with Crippen LogP contribution in [0.5, 0.6) is 0 Å². The molecule has 0 aliphatic carbocycles. The van der Waals surface area contributed by atoms with Gasteiger partial charge in [-0.05, 0) is 48.6 Å². The highest BCUT2D eigenvalue weighted by atomic mass is 19.1. The second-order valence-corrected chi connectivity index (χ2v) is 8.61. The van der Waals surface area contributed by atoms with Gasteiger partial charge in [-0.1, -0.05) is 24.3 Å². The third kappa shape index (κ3) is 3.60. The summed E-state index contributed by atoms with van der Waals surface area (Å²) in [5.74, 6) is 1.55. The molecule has 2 fully saturated rings. The molecule has 3 aromatic rings. The van der Waals surface area contributed by atoms with Crippen molar-refractivity contribution in [1.82, 2.24) is 19.4 Å². The highest BCUT2D eigenvalue weighted by molar-refractivity contribution is 5.77. The topological polar surface area (TPSA) is 41.4 Å². The van der Waals surface area contributed by atoms with Crippen molar-refractivity contribution in [2.24, 2.45) is 13.0 Å². The normalized spacial score (nSPS) is 22.5. The average molecular weight is 407 g/mol. The molecule has 1 aromatic heterocycles. The van der Waals surface area contributed by atoms with Crippen LogP contribution in [0.15, 0.2) is 48.5 Å². The number of amides is 1. The second kappa shape index (κ2) is 7.84. The summed E-state index contributed by atoms with van der Waals surface area (Å²) in [6.45, 7) is 3.35. The molecule has 2 atom stereocenters. The van der Waals surface area contributed by atoms with Gasteiger partial charge in [0, 0.05) is 39.1 Å². The fraction of sp³-hybridized carbons (Fsp3) is 0.417. The van der Waals surface area contributed by atoms with E-state index in [0.29, 0.717) is 18.9 Å². The molecule has 0 spiro atoms. The number of nitrogens with zero attached hydrogens (tertiary/aromatic N) is 4. The van der Waals surface area contributed by atoms with Crippen LogP contribution in [0.25, 0.3) is 11.0 Å². The number of piperidine rings is 2. The lowest BCUT2D eigenvalue weighted by atomic mass is 9.83. The molecule has 2 saturated heterocycles. The lowest BCUT2D eigenvalue weighted by Gasteiger charge is -2.47. The van der Waals surface area contributed by atoms with Crippen molar-refractivity contribution in [3.8, 4) is 0 Å². The number of fused-ring (bicyclic) bond motifs is 2. The van der Waals surface area contributed by atoms with Crippen LogP contribution in [0.4, 0.5) is 4.39 Å². The first-order valence-corrected chi connectivity index (χ1v) is 10.7. The van der Waals surface area contributed by atoms with Gasteiger partial charge in [-0.2, -0.15) is 0 Å². The summed E-state index contributed by atoms with van der Waals surface area (Å²) in [7, 11) is 2.08. The Balaban J connectivity index is 1.28. The van der Waals surface area contributed by atoms with Crippen LogP contribution in [0.3, 0.4) is 0 Å². The summed E-state index contributed by atoms with van der Waals surface area (Å²) >= 11 is 0. The number of imidazole rings is 1. The molecule has 2 aromatic carbocycles. The lowest BCUT2D eigenvalue weighted by Crippen LogP contribution is -2.55. The molecule has 0 unspecified atom stereocenters. The van der Waals surface area contributed by atoms with Crippen LogP contribution in [0.2, 0.25) is 0 Å². The molecule has 0 bridgehead atoms. The van der Waals surface area contributed by atoms with Gasteiger partial charge in [0.15, 0.2) is 0 Å². The molecule has 2 aliphatic rings. The molecule has 3 heterocycles. The number of hydrogen-bond donors (Lipinski definition) is 0. The Morgan fingerprint density at radius 1 is 1.07 bits per heavy atom. The van der Waals surface area contributed by atoms with Crippen molar-refractivity contribution in [2.75, 3.05) is 13.1 Å². The number of carbonyl (C=O) groups excluding carboxylic acids is 1. The van der Waals surface area contributed by atoms with Gasteiger partial charge in [-0.15, -0.1) is 0 Å². The fourth-order valence-corrected chi connectivity index (χ4v) is 5.10. The van der Waals surface area contributed by atoms with E-state index in [0.717, 1.165) is 54.9 Å². The van der Waals surface area contributed by atoms with Crippen LogP contribution < -0.4 is 0 Å². The number of rotatable bonds is 4. The molecule has 2 aliphatic heterocycles. The number of likely N-dealkylation sites (tertiary alicyclic amines) is 2. The summed E-state index contributed by atoms with van der Waals surface area (Å²) < 4.78 is 15.4. The Labute approximate surface area is 176 Å². The number of hydrogen-bond acceptors (Lipinski definition) is 3. The van der Waals surface area contributed by atoms with Gasteiger partial charge in [-0.3, -0.25) is 9.69 Å². The van der Waals surface area contributed by atoms with Crippen LogP contribution in [-0.4, -0.2) is 44.4 Å². The molecule has 5 rings (SSSR count). The minimum absolute atomic E-state index is 0.226. The first-order valence-electron chi connectivity index (χ1n) is 10.7. The van der Waals surface area contributed by atoms with Crippen molar-refractivity contribution in [3.63, 3.8) is 0 Å². The molecule has 6 heteroatoms. The molecular weight excluding hydrogens is 379 g/mol. The van der Waals surface area contributed by atoms with Gasteiger partial charge in [0.05, 0.1) is 17.6 Å². The van der Waals surface area contributed by atoms with Gasteiger partial charge in [-0.25, -0.2) is 9.37 Å². The Morgan fingerprint density at radius 2 is 1.87 bits per heavy atom. The van der Waals surface area contributed by atoms with Crippen molar-refractivity contribution in [3.05, 3.63) is 65.7 Å². The predicted molar refractivity (Wildman–Crippen MR) is 114 cm³/mol. The second-order valence-electron chi connectivity index (χ2n) is 8.61. The maximum absolute atomic E-state index is 13.2. The Morgan fingerprint density at radius 3 is 2.67 bits per heavy atom. The van der Waals surface area contributed by atoms with Gasteiger partial charge >= 0.3 is 0 Å². The largest absolute Gasteiger partial charge is 0.335 e. The zero-order chi connectivity index (χ0) is 20.7. The quantitative estimate of drug-likeness (QED) is 0.663. The van der Waals surface area contributed by atoms with Crippen LogP contribution in [0.1, 0.15) is 30.7 Å². The maximum Gasteiger partial charge on any atom is 0.223 e. The van der Waals surface area contributed by atoms with E-state index in [9.17, 15) is 9.18 Å². The van der Waals surface area contributed by atoms with Crippen LogP contribution >= 0.6 is 0 Å². The third-order valence-corrected chi connectivity index (χ3v) is 6.74. The summed E-state index contributed by atoms with van der Waals surface area (Å²) in [6, 6.07) is 15.0. The molecular formula is C24H27FN4O. The summed E-state index contributed by atoms with van der Waals surface area (Å²) in [5, 5.41) is 0. The predicted octanol–water partition coefficient (Wildman–Crippen LogP) is 3.73. The standard InChI is InChI=1S/C24H27FN4O/c1-27-22-5-3-2-4-20(22)26-23(27)16-28-13-12-21-18(15-28)8-11-24(30)29(21)14-17-6-9-19(25)10-7-17/h2-7,9-10,18,21H,8,11-16H2,1H3/t18-,21+/m1/s1.